The number of rotatable bonds is 13. The molecule has 4 heteroatoms. The van der Waals surface area contributed by atoms with Crippen LogP contribution < -0.4 is 5.32 Å². The van der Waals surface area contributed by atoms with Gasteiger partial charge < -0.3 is 15.0 Å². The van der Waals surface area contributed by atoms with Gasteiger partial charge >= 0.3 is 5.97 Å². The molecule has 0 bridgehead atoms. The minimum absolute atomic E-state index is 0.157. The fourth-order valence-electron chi connectivity index (χ4n) is 3.13. The molecule has 1 rings (SSSR count). The topological polar surface area (TPSA) is 41.6 Å². The number of likely N-dealkylation sites (tertiary alicyclic amines) is 1. The summed E-state index contributed by atoms with van der Waals surface area (Å²) in [5, 5.41) is 3.35. The average molecular weight is 465 g/mol. The second kappa shape index (κ2) is 22.3. The molecular formula is C29H56N2O2. The van der Waals surface area contributed by atoms with Gasteiger partial charge in [-0.15, -0.1) is 0 Å². The van der Waals surface area contributed by atoms with E-state index in [2.05, 4.69) is 69.6 Å². The van der Waals surface area contributed by atoms with Crippen molar-refractivity contribution < 1.29 is 9.53 Å². The lowest BCUT2D eigenvalue weighted by Crippen LogP contribution is -2.35. The van der Waals surface area contributed by atoms with Gasteiger partial charge in [0.2, 0.25) is 0 Å². The van der Waals surface area contributed by atoms with Gasteiger partial charge in [-0.05, 0) is 55.7 Å². The Labute approximate surface area is 206 Å². The highest BCUT2D eigenvalue weighted by molar-refractivity contribution is 5.69. The first-order valence-corrected chi connectivity index (χ1v) is 13.5. The second-order valence-corrected chi connectivity index (χ2v) is 8.98. The van der Waals surface area contributed by atoms with Crippen LogP contribution in [0.4, 0.5) is 0 Å². The Bertz CT molecular complexity index is 544. The van der Waals surface area contributed by atoms with Crippen LogP contribution in [0.15, 0.2) is 36.1 Å². The Hall–Kier alpha value is -1.55. The van der Waals surface area contributed by atoms with Gasteiger partial charge in [0, 0.05) is 18.8 Å². The van der Waals surface area contributed by atoms with E-state index in [-0.39, 0.29) is 5.97 Å². The van der Waals surface area contributed by atoms with Gasteiger partial charge in [0.15, 0.2) is 0 Å². The van der Waals surface area contributed by atoms with E-state index in [4.69, 9.17) is 4.74 Å². The number of ether oxygens (including phenoxy) is 1. The first kappa shape index (κ1) is 33.6. The molecule has 4 nitrogen and oxygen atoms in total. The van der Waals surface area contributed by atoms with E-state index in [9.17, 15) is 4.79 Å². The molecule has 0 aromatic rings. The van der Waals surface area contributed by atoms with Crippen LogP contribution in [0, 0.1) is 17.8 Å². The van der Waals surface area contributed by atoms with E-state index in [1.165, 1.54) is 32.4 Å². The molecule has 0 aliphatic carbocycles. The van der Waals surface area contributed by atoms with Crippen molar-refractivity contribution in [1.82, 2.24) is 10.2 Å². The molecule has 1 heterocycles. The zero-order valence-electron chi connectivity index (χ0n) is 23.5. The molecular weight excluding hydrogens is 408 g/mol. The number of carbonyl (C=O) groups excluding carboxylic acids is 1. The highest BCUT2D eigenvalue weighted by Crippen LogP contribution is 2.14. The van der Waals surface area contributed by atoms with Crippen molar-refractivity contribution in [3.63, 3.8) is 0 Å². The monoisotopic (exact) mass is 464 g/mol. The van der Waals surface area contributed by atoms with Gasteiger partial charge in [-0.25, -0.2) is 0 Å². The van der Waals surface area contributed by atoms with Crippen molar-refractivity contribution in [2.45, 2.75) is 94.4 Å². The molecule has 1 fully saturated rings. The van der Waals surface area contributed by atoms with Crippen LogP contribution in [0.3, 0.4) is 0 Å². The Morgan fingerprint density at radius 2 is 1.61 bits per heavy atom. The molecule has 1 N–H and O–H groups in total. The third-order valence-corrected chi connectivity index (χ3v) is 5.80. The van der Waals surface area contributed by atoms with Crippen molar-refractivity contribution in [2.75, 3.05) is 32.8 Å². The Morgan fingerprint density at radius 1 is 1.00 bits per heavy atom. The number of esters is 1. The summed E-state index contributed by atoms with van der Waals surface area (Å²) in [5.74, 6) is 1.36. The Balaban J connectivity index is 0. The summed E-state index contributed by atoms with van der Waals surface area (Å²) in [6.07, 6.45) is 11.4. The van der Waals surface area contributed by atoms with Crippen molar-refractivity contribution in [1.29, 1.82) is 0 Å². The summed E-state index contributed by atoms with van der Waals surface area (Å²) in [6, 6.07) is 0. The fraction of sp³-hybridized carbons (Fsp3) is 0.759. The number of hydrogen-bond acceptors (Lipinski definition) is 4. The predicted molar refractivity (Wildman–Crippen MR) is 146 cm³/mol. The zero-order chi connectivity index (χ0) is 25.6. The number of hydrogen-bond donors (Lipinski definition) is 1. The smallest absolute Gasteiger partial charge is 0.306 e. The SMILES string of the molecule is C=C(CCC(=O)OC/C(=C\C=C/C(C)C(C)C)C(C)C)NCCN1CCCCC1.CC.CC. The molecule has 33 heavy (non-hydrogen) atoms. The van der Waals surface area contributed by atoms with Crippen LogP contribution in [0.1, 0.15) is 94.4 Å². The van der Waals surface area contributed by atoms with Crippen LogP contribution in [-0.2, 0) is 9.53 Å². The summed E-state index contributed by atoms with van der Waals surface area (Å²) >= 11 is 0. The van der Waals surface area contributed by atoms with Crippen molar-refractivity contribution in [3.8, 4) is 0 Å². The maximum Gasteiger partial charge on any atom is 0.306 e. The van der Waals surface area contributed by atoms with Crippen LogP contribution in [-0.4, -0.2) is 43.7 Å². The number of nitrogens with one attached hydrogen (secondary N) is 1. The van der Waals surface area contributed by atoms with E-state index < -0.39 is 0 Å². The third-order valence-electron chi connectivity index (χ3n) is 5.80. The van der Waals surface area contributed by atoms with Crippen molar-refractivity contribution in [3.05, 3.63) is 36.1 Å². The van der Waals surface area contributed by atoms with Crippen LogP contribution in [0.25, 0.3) is 0 Å². The number of carbonyl (C=O) groups is 1. The van der Waals surface area contributed by atoms with Gasteiger partial charge in [-0.3, -0.25) is 4.79 Å². The molecule has 1 unspecified atom stereocenters. The lowest BCUT2D eigenvalue weighted by molar-refractivity contribution is -0.142. The highest BCUT2D eigenvalue weighted by Gasteiger charge is 2.11. The normalized spacial score (nSPS) is 15.4. The van der Waals surface area contributed by atoms with Crippen molar-refractivity contribution >= 4 is 5.97 Å². The summed E-state index contributed by atoms with van der Waals surface area (Å²) < 4.78 is 5.50. The average Bonchev–Trinajstić information content (AvgIpc) is 2.82. The van der Waals surface area contributed by atoms with E-state index in [0.29, 0.717) is 37.2 Å². The number of piperidine rings is 1. The summed E-state index contributed by atoms with van der Waals surface area (Å²) in [6.45, 7) is 27.7. The first-order chi connectivity index (χ1) is 15.8. The molecule has 1 aliphatic heterocycles. The van der Waals surface area contributed by atoms with E-state index in [0.717, 1.165) is 24.4 Å². The molecule has 1 atom stereocenters. The lowest BCUT2D eigenvalue weighted by atomic mass is 9.97. The molecule has 0 aromatic carbocycles. The molecule has 194 valence electrons. The molecule has 0 aromatic heterocycles. The Morgan fingerprint density at radius 3 is 2.15 bits per heavy atom. The number of nitrogens with zero attached hydrogens (tertiary/aromatic N) is 1. The van der Waals surface area contributed by atoms with Gasteiger partial charge in [0.1, 0.15) is 6.61 Å². The van der Waals surface area contributed by atoms with E-state index in [1.54, 1.807) is 0 Å². The lowest BCUT2D eigenvalue weighted by Gasteiger charge is -2.26. The Kier molecular flexibility index (Phi) is 22.7. The van der Waals surface area contributed by atoms with Gasteiger partial charge in [0.05, 0.1) is 6.42 Å². The predicted octanol–water partition coefficient (Wildman–Crippen LogP) is 7.38. The van der Waals surface area contributed by atoms with Crippen LogP contribution in [0.5, 0.6) is 0 Å². The quantitative estimate of drug-likeness (QED) is 0.228. The minimum atomic E-state index is -0.157. The van der Waals surface area contributed by atoms with Gasteiger partial charge in [-0.1, -0.05) is 93.5 Å². The van der Waals surface area contributed by atoms with Crippen LogP contribution in [0.2, 0.25) is 0 Å². The highest BCUT2D eigenvalue weighted by atomic mass is 16.5. The standard InChI is InChI=1S/C25H44N2O2.2C2H6/c1-20(2)22(5)11-10-12-24(21(3)4)19-29-25(28)14-13-23(6)26-15-18-27-16-8-7-9-17-27;2*1-2/h10-12,20-22,26H,6-9,13-19H2,1-5H3;2*1-2H3/b11-10-,24-12+;;. The van der Waals surface area contributed by atoms with Crippen molar-refractivity contribution in [2.24, 2.45) is 17.8 Å². The summed E-state index contributed by atoms with van der Waals surface area (Å²) in [7, 11) is 0. The molecule has 0 amide bonds. The maximum absolute atomic E-state index is 12.1. The zero-order valence-corrected chi connectivity index (χ0v) is 23.5. The fourth-order valence-corrected chi connectivity index (χ4v) is 3.13. The summed E-state index contributed by atoms with van der Waals surface area (Å²) in [4.78, 5) is 14.6. The summed E-state index contributed by atoms with van der Waals surface area (Å²) in [5.41, 5.74) is 2.06. The molecule has 0 saturated carbocycles. The van der Waals surface area contributed by atoms with Gasteiger partial charge in [-0.2, -0.15) is 0 Å². The molecule has 0 radical (unpaired) electrons. The third kappa shape index (κ3) is 18.6. The first-order valence-electron chi connectivity index (χ1n) is 13.5. The molecule has 1 saturated heterocycles. The number of allylic oxidation sites excluding steroid dienone is 4. The second-order valence-electron chi connectivity index (χ2n) is 8.98. The van der Waals surface area contributed by atoms with E-state index >= 15 is 0 Å². The largest absolute Gasteiger partial charge is 0.461 e. The van der Waals surface area contributed by atoms with E-state index in [1.807, 2.05) is 27.7 Å². The molecule has 0 spiro atoms. The minimum Gasteiger partial charge on any atom is -0.461 e. The van der Waals surface area contributed by atoms with Gasteiger partial charge in [0.25, 0.3) is 0 Å². The van der Waals surface area contributed by atoms with Crippen LogP contribution >= 0.6 is 0 Å². The maximum atomic E-state index is 12.1. The molecule has 1 aliphatic rings.